The number of likely N-dealkylation sites (tertiary alicyclic amines) is 1. The molecule has 1 aromatic carbocycles. The molecule has 3 N–H and O–H groups in total. The van der Waals surface area contributed by atoms with Crippen molar-refractivity contribution < 1.29 is 14.0 Å². The third-order valence-corrected chi connectivity index (χ3v) is 6.15. The normalized spacial score (nSPS) is 27.3. The molecule has 26 heavy (non-hydrogen) atoms. The van der Waals surface area contributed by atoms with Gasteiger partial charge in [-0.2, -0.15) is 0 Å². The molecule has 4 rings (SSSR count). The first-order valence-corrected chi connectivity index (χ1v) is 9.47. The predicted octanol–water partition coefficient (Wildman–Crippen LogP) is 1.73. The molecule has 5 nitrogen and oxygen atoms in total. The van der Waals surface area contributed by atoms with E-state index in [1.165, 1.54) is 18.9 Å². The van der Waals surface area contributed by atoms with Crippen LogP contribution >= 0.6 is 0 Å². The topological polar surface area (TPSA) is 75.4 Å². The van der Waals surface area contributed by atoms with Crippen LogP contribution in [0.15, 0.2) is 18.2 Å². The smallest absolute Gasteiger partial charge is 0.235 e. The van der Waals surface area contributed by atoms with Crippen LogP contribution < -0.4 is 11.1 Å². The number of rotatable bonds is 6. The summed E-state index contributed by atoms with van der Waals surface area (Å²) < 4.78 is 13.7. The van der Waals surface area contributed by atoms with Gasteiger partial charge in [-0.3, -0.25) is 14.5 Å². The molecule has 3 aliphatic rings. The van der Waals surface area contributed by atoms with E-state index in [0.717, 1.165) is 24.2 Å². The molecule has 2 amide bonds. The van der Waals surface area contributed by atoms with E-state index in [4.69, 9.17) is 5.73 Å². The Hall–Kier alpha value is -1.95. The highest BCUT2D eigenvalue weighted by Gasteiger charge is 2.56. The average Bonchev–Trinajstić information content (AvgIpc) is 3.45. The summed E-state index contributed by atoms with van der Waals surface area (Å²) >= 11 is 0. The van der Waals surface area contributed by atoms with Gasteiger partial charge in [0, 0.05) is 25.7 Å². The largest absolute Gasteiger partial charge is 0.369 e. The van der Waals surface area contributed by atoms with Gasteiger partial charge >= 0.3 is 0 Å². The van der Waals surface area contributed by atoms with Gasteiger partial charge < -0.3 is 11.1 Å². The maximum Gasteiger partial charge on any atom is 0.235 e. The molecule has 3 fully saturated rings. The number of nitrogens with two attached hydrogens (primary N) is 1. The van der Waals surface area contributed by atoms with Crippen molar-refractivity contribution in [3.63, 3.8) is 0 Å². The molecule has 2 atom stereocenters. The minimum Gasteiger partial charge on any atom is -0.369 e. The van der Waals surface area contributed by atoms with E-state index in [-0.39, 0.29) is 17.8 Å². The standard InChI is InChI=1S/C20H26FN3O2/c1-12-6-13(8-15(21)7-12)9-24-10-16(14-2-3-14)17(11-24)23-19(26)20(4-5-20)18(22)25/h6-8,14,16-17H,2-5,9-11H2,1H3,(H2,22,25)(H,23,26)/t16-,17+/m1/s1. The van der Waals surface area contributed by atoms with Crippen LogP contribution in [0.3, 0.4) is 0 Å². The first-order valence-electron chi connectivity index (χ1n) is 9.47. The molecule has 0 unspecified atom stereocenters. The highest BCUT2D eigenvalue weighted by atomic mass is 19.1. The lowest BCUT2D eigenvalue weighted by molar-refractivity contribution is -0.136. The molecule has 0 spiro atoms. The number of nitrogens with zero attached hydrogens (tertiary/aromatic N) is 1. The van der Waals surface area contributed by atoms with E-state index >= 15 is 0 Å². The summed E-state index contributed by atoms with van der Waals surface area (Å²) in [4.78, 5) is 26.5. The van der Waals surface area contributed by atoms with Crippen molar-refractivity contribution in [2.75, 3.05) is 13.1 Å². The molecule has 0 bridgehead atoms. The molecule has 1 aromatic rings. The summed E-state index contributed by atoms with van der Waals surface area (Å²) in [5, 5.41) is 3.12. The van der Waals surface area contributed by atoms with Gasteiger partial charge in [0.1, 0.15) is 11.2 Å². The van der Waals surface area contributed by atoms with Gasteiger partial charge in [0.05, 0.1) is 0 Å². The summed E-state index contributed by atoms with van der Waals surface area (Å²) in [6, 6.07) is 5.16. The van der Waals surface area contributed by atoms with Gasteiger partial charge in [0.25, 0.3) is 0 Å². The zero-order valence-electron chi connectivity index (χ0n) is 15.1. The number of amides is 2. The molecule has 1 aliphatic heterocycles. The van der Waals surface area contributed by atoms with E-state index in [2.05, 4.69) is 10.2 Å². The lowest BCUT2D eigenvalue weighted by Gasteiger charge is -2.22. The second kappa shape index (κ2) is 6.34. The lowest BCUT2D eigenvalue weighted by atomic mass is 9.96. The number of aryl methyl sites for hydroxylation is 1. The highest BCUT2D eigenvalue weighted by Crippen LogP contribution is 2.47. The Labute approximate surface area is 153 Å². The van der Waals surface area contributed by atoms with E-state index in [0.29, 0.717) is 31.2 Å². The van der Waals surface area contributed by atoms with Gasteiger partial charge in [-0.15, -0.1) is 0 Å². The molecule has 6 heteroatoms. The number of carbonyl (C=O) groups excluding carboxylic acids is 2. The summed E-state index contributed by atoms with van der Waals surface area (Å²) in [7, 11) is 0. The van der Waals surface area contributed by atoms with Crippen LogP contribution in [-0.4, -0.2) is 35.8 Å². The van der Waals surface area contributed by atoms with Crippen molar-refractivity contribution in [1.82, 2.24) is 10.2 Å². The Morgan fingerprint density at radius 2 is 2.00 bits per heavy atom. The SMILES string of the molecule is Cc1cc(F)cc(CN2C[C@H](NC(=O)C3(C(N)=O)CC3)[C@@H](C3CC3)C2)c1. The predicted molar refractivity (Wildman–Crippen MR) is 95.4 cm³/mol. The van der Waals surface area contributed by atoms with E-state index in [1.54, 1.807) is 6.07 Å². The maximum absolute atomic E-state index is 13.7. The van der Waals surface area contributed by atoms with Crippen molar-refractivity contribution in [2.45, 2.75) is 45.2 Å². The Morgan fingerprint density at radius 3 is 2.58 bits per heavy atom. The Kier molecular flexibility index (Phi) is 4.26. The van der Waals surface area contributed by atoms with Crippen LogP contribution in [0.1, 0.15) is 36.8 Å². The fourth-order valence-corrected chi connectivity index (χ4v) is 4.38. The number of halogens is 1. The minimum absolute atomic E-state index is 0.0430. The van der Waals surface area contributed by atoms with Crippen LogP contribution in [-0.2, 0) is 16.1 Å². The second-order valence-electron chi connectivity index (χ2n) is 8.36. The summed E-state index contributed by atoms with van der Waals surface area (Å²) in [5.41, 5.74) is 6.33. The van der Waals surface area contributed by atoms with E-state index in [9.17, 15) is 14.0 Å². The van der Waals surface area contributed by atoms with Gasteiger partial charge in [-0.1, -0.05) is 6.07 Å². The van der Waals surface area contributed by atoms with Gasteiger partial charge in [-0.05, 0) is 67.7 Å². The van der Waals surface area contributed by atoms with Gasteiger partial charge in [0.15, 0.2) is 0 Å². The quantitative estimate of drug-likeness (QED) is 0.760. The van der Waals surface area contributed by atoms with Crippen LogP contribution in [0, 0.1) is 30.0 Å². The Balaban J connectivity index is 1.44. The molecule has 2 aliphatic carbocycles. The van der Waals surface area contributed by atoms with Crippen LogP contribution in [0.25, 0.3) is 0 Å². The van der Waals surface area contributed by atoms with Gasteiger partial charge in [0.2, 0.25) is 11.8 Å². The highest BCUT2D eigenvalue weighted by molar-refractivity contribution is 6.07. The molecule has 0 radical (unpaired) electrons. The Morgan fingerprint density at radius 1 is 1.27 bits per heavy atom. The molecule has 1 heterocycles. The van der Waals surface area contributed by atoms with Gasteiger partial charge in [-0.25, -0.2) is 4.39 Å². The molecule has 2 saturated carbocycles. The Bertz CT molecular complexity index is 722. The summed E-state index contributed by atoms with van der Waals surface area (Å²) in [6.07, 6.45) is 3.51. The summed E-state index contributed by atoms with van der Waals surface area (Å²) in [6.45, 7) is 4.20. The lowest BCUT2D eigenvalue weighted by Crippen LogP contribution is -2.48. The first kappa shape index (κ1) is 17.5. The van der Waals surface area contributed by atoms with Crippen molar-refractivity contribution in [1.29, 1.82) is 0 Å². The molecular formula is C20H26FN3O2. The van der Waals surface area contributed by atoms with E-state index < -0.39 is 11.3 Å². The maximum atomic E-state index is 13.7. The molecule has 0 aromatic heterocycles. The van der Waals surface area contributed by atoms with Crippen LogP contribution in [0.2, 0.25) is 0 Å². The number of hydrogen-bond donors (Lipinski definition) is 2. The first-order chi connectivity index (χ1) is 12.4. The minimum atomic E-state index is -0.971. The molecule has 140 valence electrons. The third kappa shape index (κ3) is 3.34. The number of benzene rings is 1. The molecule has 1 saturated heterocycles. The van der Waals surface area contributed by atoms with E-state index in [1.807, 2.05) is 13.0 Å². The van der Waals surface area contributed by atoms with Crippen molar-refractivity contribution in [3.05, 3.63) is 35.1 Å². The van der Waals surface area contributed by atoms with Crippen molar-refractivity contribution in [2.24, 2.45) is 23.0 Å². The van der Waals surface area contributed by atoms with Crippen LogP contribution in [0.5, 0.6) is 0 Å². The third-order valence-electron chi connectivity index (χ3n) is 6.15. The van der Waals surface area contributed by atoms with Crippen LogP contribution in [0.4, 0.5) is 4.39 Å². The van der Waals surface area contributed by atoms with Crippen molar-refractivity contribution in [3.8, 4) is 0 Å². The fourth-order valence-electron chi connectivity index (χ4n) is 4.38. The second-order valence-corrected chi connectivity index (χ2v) is 8.36. The number of primary amides is 1. The number of nitrogens with one attached hydrogen (secondary N) is 1. The van der Waals surface area contributed by atoms with Crippen molar-refractivity contribution >= 4 is 11.8 Å². The number of hydrogen-bond acceptors (Lipinski definition) is 3. The summed E-state index contributed by atoms with van der Waals surface area (Å²) in [5.74, 6) is 0.118. The monoisotopic (exact) mass is 359 g/mol. The fraction of sp³-hybridized carbons (Fsp3) is 0.600. The molecular weight excluding hydrogens is 333 g/mol. The zero-order valence-corrected chi connectivity index (χ0v) is 15.1. The zero-order chi connectivity index (χ0) is 18.5. The average molecular weight is 359 g/mol. The number of carbonyl (C=O) groups is 2.